The molecule has 0 radical (unpaired) electrons. The van der Waals surface area contributed by atoms with Gasteiger partial charge in [0.25, 0.3) is 0 Å². The molecular formula is C50H34N4S2. The van der Waals surface area contributed by atoms with E-state index in [2.05, 4.69) is 179 Å². The minimum Gasteiger partial charge on any atom is -0.312 e. The molecule has 1 aliphatic heterocycles. The number of hydrogen-bond donors (Lipinski definition) is 0. The zero-order valence-corrected chi connectivity index (χ0v) is 32.0. The summed E-state index contributed by atoms with van der Waals surface area (Å²) in [6.45, 7) is 0. The van der Waals surface area contributed by atoms with Crippen molar-refractivity contribution in [2.24, 2.45) is 4.99 Å². The molecule has 0 fully saturated rings. The highest BCUT2D eigenvalue weighted by Crippen LogP contribution is 2.50. The van der Waals surface area contributed by atoms with E-state index in [-0.39, 0.29) is 11.3 Å². The summed E-state index contributed by atoms with van der Waals surface area (Å²) in [7, 11) is 0. The van der Waals surface area contributed by atoms with E-state index >= 15 is 0 Å². The number of hydrogen-bond acceptors (Lipinski definition) is 4. The number of rotatable bonds is 5. The van der Waals surface area contributed by atoms with E-state index in [0.29, 0.717) is 0 Å². The minimum atomic E-state index is 0.132. The third-order valence-corrected chi connectivity index (χ3v) is 14.0. The van der Waals surface area contributed by atoms with Gasteiger partial charge in [0.05, 0.1) is 43.1 Å². The molecule has 4 nitrogen and oxygen atoms in total. The van der Waals surface area contributed by atoms with Gasteiger partial charge >= 0.3 is 0 Å². The largest absolute Gasteiger partial charge is 0.312 e. The lowest BCUT2D eigenvalue weighted by molar-refractivity contribution is 0.764. The Morgan fingerprint density at radius 1 is 0.589 bits per heavy atom. The lowest BCUT2D eigenvalue weighted by Gasteiger charge is -2.23. The van der Waals surface area contributed by atoms with Crippen LogP contribution in [0, 0.1) is 0 Å². The maximum Gasteiger partial charge on any atom is 0.124 e. The monoisotopic (exact) mass is 754 g/mol. The van der Waals surface area contributed by atoms with Crippen LogP contribution in [0.15, 0.2) is 174 Å². The van der Waals surface area contributed by atoms with E-state index in [1.807, 2.05) is 11.8 Å². The van der Waals surface area contributed by atoms with Crippen LogP contribution in [0.4, 0.5) is 0 Å². The van der Waals surface area contributed by atoms with E-state index in [4.69, 9.17) is 9.98 Å². The molecule has 2 atom stereocenters. The molecule has 3 aromatic heterocycles. The van der Waals surface area contributed by atoms with Crippen molar-refractivity contribution in [3.63, 3.8) is 0 Å². The summed E-state index contributed by atoms with van der Waals surface area (Å²) in [4.78, 5) is 10.3. The van der Waals surface area contributed by atoms with Crippen molar-refractivity contribution in [1.82, 2.24) is 14.1 Å². The Labute approximate surface area is 332 Å². The lowest BCUT2D eigenvalue weighted by Crippen LogP contribution is -2.15. The Morgan fingerprint density at radius 2 is 1.29 bits per heavy atom. The number of benzene rings is 6. The van der Waals surface area contributed by atoms with Crippen molar-refractivity contribution in [3.05, 3.63) is 181 Å². The molecule has 4 heterocycles. The van der Waals surface area contributed by atoms with Gasteiger partial charge in [0, 0.05) is 49.9 Å². The van der Waals surface area contributed by atoms with Gasteiger partial charge in [-0.05, 0) is 72.5 Å². The number of para-hydroxylation sites is 2. The molecule has 12 rings (SSSR count). The Balaban J connectivity index is 0.919. The Kier molecular flexibility index (Phi) is 7.26. The van der Waals surface area contributed by atoms with Crippen molar-refractivity contribution in [1.29, 1.82) is 0 Å². The molecule has 9 aromatic rings. The van der Waals surface area contributed by atoms with Crippen LogP contribution in [0.3, 0.4) is 0 Å². The van der Waals surface area contributed by atoms with Gasteiger partial charge in [-0.3, -0.25) is 4.99 Å². The first-order valence-electron chi connectivity index (χ1n) is 19.3. The Hall–Kier alpha value is -6.21. The molecule has 0 amide bonds. The second-order valence-corrected chi connectivity index (χ2v) is 16.9. The molecule has 3 aliphatic rings. The predicted octanol–water partition coefficient (Wildman–Crippen LogP) is 13.5. The number of allylic oxidation sites excluding steroid dienone is 3. The standard InChI is InChI=1S/C50H34N4S2/c1-3-11-33(12-4-1)49-51-41-29-27-39-37-15-7-9-17-43(37)53(45(39)47(41)55-49)35-23-19-31(20-24-35)32-21-25-36(26-22-32)54-44-18-10-8-16-38(44)40-28-30-42-48(46(40)54)56-50(52-42)34-13-5-2-6-14-34/h1,3-5,7-30,42,48H,2,6H2. The van der Waals surface area contributed by atoms with E-state index in [1.54, 1.807) is 11.3 Å². The van der Waals surface area contributed by atoms with Crippen LogP contribution in [-0.2, 0) is 0 Å². The highest BCUT2D eigenvalue weighted by molar-refractivity contribution is 8.15. The summed E-state index contributed by atoms with van der Waals surface area (Å²) in [5.74, 6) is 0. The topological polar surface area (TPSA) is 35.1 Å². The number of fused-ring (bicyclic) bond motifs is 10. The van der Waals surface area contributed by atoms with E-state index < -0.39 is 0 Å². The predicted molar refractivity (Wildman–Crippen MR) is 239 cm³/mol. The first-order chi connectivity index (χ1) is 27.8. The summed E-state index contributed by atoms with van der Waals surface area (Å²) < 4.78 is 6.12. The summed E-state index contributed by atoms with van der Waals surface area (Å²) in [5, 5.41) is 6.24. The molecule has 2 unspecified atom stereocenters. The number of thiazole rings is 1. The second kappa shape index (κ2) is 12.7. The first-order valence-corrected chi connectivity index (χ1v) is 21.0. The zero-order valence-electron chi connectivity index (χ0n) is 30.3. The third-order valence-electron chi connectivity index (χ3n) is 11.5. The average Bonchev–Trinajstić information content (AvgIpc) is 4.05. The van der Waals surface area contributed by atoms with Gasteiger partial charge in [-0.25, -0.2) is 4.98 Å². The number of nitrogens with zero attached hydrogens (tertiary/aromatic N) is 4. The van der Waals surface area contributed by atoms with Crippen LogP contribution in [-0.4, -0.2) is 25.2 Å². The summed E-state index contributed by atoms with van der Waals surface area (Å²) >= 11 is 3.70. The Bertz CT molecular complexity index is 3150. The zero-order chi connectivity index (χ0) is 36.7. The second-order valence-electron chi connectivity index (χ2n) is 14.8. The quantitative estimate of drug-likeness (QED) is 0.175. The van der Waals surface area contributed by atoms with Gasteiger partial charge in [-0.1, -0.05) is 133 Å². The van der Waals surface area contributed by atoms with Crippen LogP contribution < -0.4 is 0 Å². The van der Waals surface area contributed by atoms with E-state index in [1.165, 1.54) is 76.1 Å². The number of aromatic nitrogens is 3. The molecule has 6 heteroatoms. The van der Waals surface area contributed by atoms with Gasteiger partial charge in [0.1, 0.15) is 5.01 Å². The smallest absolute Gasteiger partial charge is 0.124 e. The van der Waals surface area contributed by atoms with Crippen molar-refractivity contribution in [2.75, 3.05) is 0 Å². The fraction of sp³-hybridized carbons (Fsp3) is 0.0800. The summed E-state index contributed by atoms with van der Waals surface area (Å²) in [5.41, 5.74) is 14.5. The van der Waals surface area contributed by atoms with Gasteiger partial charge in [0.15, 0.2) is 0 Å². The van der Waals surface area contributed by atoms with Crippen LogP contribution in [0.25, 0.3) is 82.1 Å². The van der Waals surface area contributed by atoms with Crippen LogP contribution in [0.2, 0.25) is 0 Å². The van der Waals surface area contributed by atoms with Crippen molar-refractivity contribution in [3.8, 4) is 33.1 Å². The van der Waals surface area contributed by atoms with Gasteiger partial charge in [-0.2, -0.15) is 0 Å². The molecule has 56 heavy (non-hydrogen) atoms. The van der Waals surface area contributed by atoms with Gasteiger partial charge in [-0.15, -0.1) is 11.3 Å². The number of aliphatic imine (C=N–C) groups is 1. The molecule has 2 aliphatic carbocycles. The maximum atomic E-state index is 5.23. The number of thioether (sulfide) groups is 1. The molecule has 0 saturated carbocycles. The fourth-order valence-corrected chi connectivity index (χ4v) is 11.4. The lowest BCUT2D eigenvalue weighted by atomic mass is 9.98. The minimum absolute atomic E-state index is 0.132. The SMILES string of the molecule is C1=CC(C2=NC3C=Cc4c(n(-c5ccc(-c6ccc(-n7c8ccccc8c8ccc9nc(-c%10ccccc%10)sc9c87)cc6)cc5)c5ccccc45)C3S2)=CCC1. The maximum absolute atomic E-state index is 5.23. The summed E-state index contributed by atoms with van der Waals surface area (Å²) in [6, 6.07) is 50.8. The molecule has 266 valence electrons. The van der Waals surface area contributed by atoms with E-state index in [9.17, 15) is 0 Å². The first kappa shape index (κ1) is 32.1. The molecular weight excluding hydrogens is 721 g/mol. The van der Waals surface area contributed by atoms with Crippen molar-refractivity contribution in [2.45, 2.75) is 24.1 Å². The van der Waals surface area contributed by atoms with Crippen LogP contribution in [0.5, 0.6) is 0 Å². The van der Waals surface area contributed by atoms with Gasteiger partial charge < -0.3 is 9.13 Å². The highest BCUT2D eigenvalue weighted by atomic mass is 32.2. The molecule has 6 aromatic carbocycles. The molecule has 0 spiro atoms. The molecule has 0 bridgehead atoms. The fourth-order valence-electron chi connectivity index (χ4n) is 8.93. The highest BCUT2D eigenvalue weighted by Gasteiger charge is 2.38. The van der Waals surface area contributed by atoms with Crippen molar-refractivity contribution >= 4 is 77.1 Å². The van der Waals surface area contributed by atoms with Gasteiger partial charge in [0.2, 0.25) is 0 Å². The van der Waals surface area contributed by atoms with Crippen molar-refractivity contribution < 1.29 is 0 Å². The van der Waals surface area contributed by atoms with Crippen LogP contribution >= 0.6 is 23.1 Å². The molecule has 0 saturated heterocycles. The van der Waals surface area contributed by atoms with Crippen LogP contribution in [0.1, 0.15) is 29.3 Å². The molecule has 0 N–H and O–H groups in total. The van der Waals surface area contributed by atoms with E-state index in [0.717, 1.165) is 34.6 Å². The average molecular weight is 755 g/mol. The summed E-state index contributed by atoms with van der Waals surface area (Å²) in [6.07, 6.45) is 13.7. The third kappa shape index (κ3) is 4.92. The normalized spacial score (nSPS) is 17.5. The Morgan fingerprint density at radius 3 is 2.04 bits per heavy atom.